The van der Waals surface area contributed by atoms with Gasteiger partial charge in [0.05, 0.1) is 6.10 Å². The molecule has 4 unspecified atom stereocenters. The van der Waals surface area contributed by atoms with Gasteiger partial charge < -0.3 is 10.4 Å². The van der Waals surface area contributed by atoms with Crippen LogP contribution in [0.15, 0.2) is 0 Å². The fourth-order valence-corrected chi connectivity index (χ4v) is 3.97. The summed E-state index contributed by atoms with van der Waals surface area (Å²) in [6.07, 6.45) is 7.95. The van der Waals surface area contributed by atoms with E-state index in [0.717, 1.165) is 30.8 Å². The van der Waals surface area contributed by atoms with Crippen LogP contribution in [-0.4, -0.2) is 47.8 Å². The molecule has 1 aliphatic heterocycles. The van der Waals surface area contributed by atoms with Gasteiger partial charge in [-0.15, -0.1) is 0 Å². The molecule has 0 amide bonds. The average molecular weight is 280 g/mol. The van der Waals surface area contributed by atoms with Gasteiger partial charge in [0.1, 0.15) is 0 Å². The van der Waals surface area contributed by atoms with Gasteiger partial charge in [-0.1, -0.05) is 6.92 Å². The summed E-state index contributed by atoms with van der Waals surface area (Å²) in [5, 5.41) is 13.8. The molecule has 116 valence electrons. The van der Waals surface area contributed by atoms with E-state index >= 15 is 0 Å². The molecule has 4 atom stereocenters. The number of nitrogens with zero attached hydrogens (tertiary/aromatic N) is 1. The molecule has 2 saturated carbocycles. The lowest BCUT2D eigenvalue weighted by Crippen LogP contribution is -2.55. The van der Waals surface area contributed by atoms with Crippen molar-refractivity contribution in [2.45, 2.75) is 70.6 Å². The first kappa shape index (κ1) is 14.8. The van der Waals surface area contributed by atoms with Crippen molar-refractivity contribution in [3.8, 4) is 0 Å². The number of aliphatic hydroxyl groups is 1. The lowest BCUT2D eigenvalue weighted by atomic mass is 9.88. The molecule has 0 aromatic heterocycles. The summed E-state index contributed by atoms with van der Waals surface area (Å²) in [6.45, 7) is 7.82. The average Bonchev–Trinajstić information content (AvgIpc) is 3.30. The summed E-state index contributed by atoms with van der Waals surface area (Å²) in [4.78, 5) is 2.70. The highest BCUT2D eigenvalue weighted by atomic mass is 16.3. The van der Waals surface area contributed by atoms with Crippen LogP contribution < -0.4 is 5.32 Å². The van der Waals surface area contributed by atoms with E-state index in [2.05, 4.69) is 17.1 Å². The third-order valence-corrected chi connectivity index (χ3v) is 5.64. The molecule has 0 radical (unpaired) electrons. The van der Waals surface area contributed by atoms with Crippen molar-refractivity contribution < 1.29 is 5.11 Å². The van der Waals surface area contributed by atoms with Gasteiger partial charge in [-0.2, -0.15) is 0 Å². The van der Waals surface area contributed by atoms with Gasteiger partial charge in [0, 0.05) is 25.2 Å². The summed E-state index contributed by atoms with van der Waals surface area (Å²) < 4.78 is 0. The van der Waals surface area contributed by atoms with Gasteiger partial charge in [0.25, 0.3) is 0 Å². The smallest absolute Gasteiger partial charge is 0.0553 e. The lowest BCUT2D eigenvalue weighted by Gasteiger charge is -2.43. The zero-order chi connectivity index (χ0) is 14.1. The number of hydrogen-bond acceptors (Lipinski definition) is 3. The van der Waals surface area contributed by atoms with Crippen LogP contribution in [0.4, 0.5) is 0 Å². The third kappa shape index (κ3) is 3.75. The first-order valence-corrected chi connectivity index (χ1v) is 8.82. The van der Waals surface area contributed by atoms with Gasteiger partial charge in [0.2, 0.25) is 0 Å². The quantitative estimate of drug-likeness (QED) is 0.751. The molecule has 3 heteroatoms. The summed E-state index contributed by atoms with van der Waals surface area (Å²) in [5.41, 5.74) is 0. The van der Waals surface area contributed by atoms with Crippen LogP contribution in [-0.2, 0) is 0 Å². The number of nitrogens with one attached hydrogen (secondary N) is 1. The van der Waals surface area contributed by atoms with Gasteiger partial charge in [-0.3, -0.25) is 4.90 Å². The van der Waals surface area contributed by atoms with Crippen LogP contribution in [0.1, 0.15) is 52.4 Å². The summed E-state index contributed by atoms with van der Waals surface area (Å²) >= 11 is 0. The van der Waals surface area contributed by atoms with E-state index in [1.807, 2.05) is 6.92 Å². The van der Waals surface area contributed by atoms with Crippen molar-refractivity contribution in [3.63, 3.8) is 0 Å². The molecule has 0 aromatic rings. The normalized spacial score (nSPS) is 35.0. The summed E-state index contributed by atoms with van der Waals surface area (Å²) in [7, 11) is 0. The first-order valence-electron chi connectivity index (χ1n) is 8.82. The Hall–Kier alpha value is -0.120. The second-order valence-electron chi connectivity index (χ2n) is 7.55. The van der Waals surface area contributed by atoms with Crippen molar-refractivity contribution in [2.24, 2.45) is 17.8 Å². The molecular formula is C17H32N2O. The van der Waals surface area contributed by atoms with Crippen LogP contribution >= 0.6 is 0 Å². The standard InChI is InChI=1S/C17H32N2O/c1-3-17(14-6-7-14)19-10-15(12(2)20)8-16(11-19)18-9-13-4-5-13/h12-18,20H,3-11H2,1-2H3. The van der Waals surface area contributed by atoms with E-state index in [4.69, 9.17) is 0 Å². The summed E-state index contributed by atoms with van der Waals surface area (Å²) in [6, 6.07) is 1.36. The number of piperidine rings is 1. The van der Waals surface area contributed by atoms with Crippen molar-refractivity contribution in [2.75, 3.05) is 19.6 Å². The highest BCUT2D eigenvalue weighted by molar-refractivity contribution is 4.94. The molecule has 0 spiro atoms. The second kappa shape index (κ2) is 6.33. The maximum absolute atomic E-state index is 10.1. The molecule has 2 aliphatic carbocycles. The Bertz CT molecular complexity index is 312. The van der Waals surface area contributed by atoms with Crippen LogP contribution in [0.5, 0.6) is 0 Å². The monoisotopic (exact) mass is 280 g/mol. The Morgan fingerprint density at radius 1 is 1.15 bits per heavy atom. The highest BCUT2D eigenvalue weighted by Gasteiger charge is 2.39. The molecule has 3 rings (SSSR count). The minimum Gasteiger partial charge on any atom is -0.393 e. The van der Waals surface area contributed by atoms with Crippen molar-refractivity contribution in [1.29, 1.82) is 0 Å². The van der Waals surface area contributed by atoms with Gasteiger partial charge in [-0.05, 0) is 69.7 Å². The van der Waals surface area contributed by atoms with E-state index < -0.39 is 0 Å². The van der Waals surface area contributed by atoms with Crippen molar-refractivity contribution >= 4 is 0 Å². The number of rotatable bonds is 7. The Labute approximate surface area is 124 Å². The van der Waals surface area contributed by atoms with E-state index in [9.17, 15) is 5.11 Å². The zero-order valence-corrected chi connectivity index (χ0v) is 13.2. The molecule has 2 N–H and O–H groups in total. The maximum atomic E-state index is 10.1. The fourth-order valence-electron chi connectivity index (χ4n) is 3.97. The second-order valence-corrected chi connectivity index (χ2v) is 7.55. The predicted molar refractivity (Wildman–Crippen MR) is 82.7 cm³/mol. The molecule has 1 saturated heterocycles. The predicted octanol–water partition coefficient (Wildman–Crippen LogP) is 2.25. The SMILES string of the molecule is CCC(C1CC1)N1CC(NCC2CC2)CC(C(C)O)C1. The maximum Gasteiger partial charge on any atom is 0.0553 e. The van der Waals surface area contributed by atoms with Gasteiger partial charge in [0.15, 0.2) is 0 Å². The summed E-state index contributed by atoms with van der Waals surface area (Å²) in [5.74, 6) is 2.34. The Morgan fingerprint density at radius 3 is 2.45 bits per heavy atom. The molecule has 0 aromatic carbocycles. The minimum absolute atomic E-state index is 0.167. The first-order chi connectivity index (χ1) is 9.67. The van der Waals surface area contributed by atoms with Gasteiger partial charge >= 0.3 is 0 Å². The molecule has 3 aliphatic rings. The number of likely N-dealkylation sites (tertiary alicyclic amines) is 1. The van der Waals surface area contributed by atoms with Crippen LogP contribution in [0.3, 0.4) is 0 Å². The van der Waals surface area contributed by atoms with E-state index in [0.29, 0.717) is 12.0 Å². The molecule has 20 heavy (non-hydrogen) atoms. The fraction of sp³-hybridized carbons (Fsp3) is 1.00. The molecule has 3 fully saturated rings. The largest absolute Gasteiger partial charge is 0.393 e. The minimum atomic E-state index is -0.167. The van der Waals surface area contributed by atoms with Crippen molar-refractivity contribution in [3.05, 3.63) is 0 Å². The van der Waals surface area contributed by atoms with E-state index in [1.54, 1.807) is 0 Å². The Kier molecular flexibility index (Phi) is 4.68. The number of aliphatic hydroxyl groups excluding tert-OH is 1. The lowest BCUT2D eigenvalue weighted by molar-refractivity contribution is 0.0230. The van der Waals surface area contributed by atoms with Crippen molar-refractivity contribution in [1.82, 2.24) is 10.2 Å². The van der Waals surface area contributed by atoms with Crippen LogP contribution in [0.2, 0.25) is 0 Å². The van der Waals surface area contributed by atoms with Crippen LogP contribution in [0.25, 0.3) is 0 Å². The topological polar surface area (TPSA) is 35.5 Å². The number of hydrogen-bond donors (Lipinski definition) is 2. The molecular weight excluding hydrogens is 248 g/mol. The Morgan fingerprint density at radius 2 is 1.90 bits per heavy atom. The van der Waals surface area contributed by atoms with Gasteiger partial charge in [-0.25, -0.2) is 0 Å². The zero-order valence-electron chi connectivity index (χ0n) is 13.2. The molecule has 3 nitrogen and oxygen atoms in total. The van der Waals surface area contributed by atoms with Crippen LogP contribution in [0, 0.1) is 17.8 Å². The third-order valence-electron chi connectivity index (χ3n) is 5.64. The van der Waals surface area contributed by atoms with E-state index in [1.165, 1.54) is 45.2 Å². The Balaban J connectivity index is 1.59. The molecule has 0 bridgehead atoms. The van der Waals surface area contributed by atoms with E-state index in [-0.39, 0.29) is 6.10 Å². The molecule has 1 heterocycles. The highest BCUT2D eigenvalue weighted by Crippen LogP contribution is 2.38.